The van der Waals surface area contributed by atoms with Crippen molar-refractivity contribution in [2.45, 2.75) is 19.9 Å². The van der Waals surface area contributed by atoms with Crippen LogP contribution in [0.5, 0.6) is 0 Å². The van der Waals surface area contributed by atoms with Crippen molar-refractivity contribution in [3.8, 4) is 11.1 Å². The summed E-state index contributed by atoms with van der Waals surface area (Å²) in [6.07, 6.45) is 4.06. The molecule has 2 amide bonds. The molecule has 6 nitrogen and oxygen atoms in total. The van der Waals surface area contributed by atoms with Crippen LogP contribution < -0.4 is 0 Å². The molecule has 1 atom stereocenters. The van der Waals surface area contributed by atoms with Crippen LogP contribution in [0.4, 0.5) is 0 Å². The third-order valence-corrected chi connectivity index (χ3v) is 5.90. The van der Waals surface area contributed by atoms with Gasteiger partial charge in [0.05, 0.1) is 5.92 Å². The average Bonchev–Trinajstić information content (AvgIpc) is 3.26. The van der Waals surface area contributed by atoms with Crippen molar-refractivity contribution in [3.63, 3.8) is 0 Å². The molecular formula is C25H28N4O2. The van der Waals surface area contributed by atoms with Gasteiger partial charge < -0.3 is 9.80 Å². The highest BCUT2D eigenvalue weighted by Crippen LogP contribution is 2.27. The molecule has 160 valence electrons. The molecule has 1 saturated heterocycles. The number of benzene rings is 2. The molecule has 0 aliphatic carbocycles. The summed E-state index contributed by atoms with van der Waals surface area (Å²) in [6.45, 7) is 4.39. The zero-order chi connectivity index (χ0) is 21.6. The standard InChI is InChI=1S/C25H28N4O2/c1-2-27-15-16-28(24(30)19-29-14-8-13-26-29)18-22(25(27)31)17-21-11-6-7-12-23(21)20-9-4-3-5-10-20/h3-14,22H,2,15-19H2,1H3/t22-/m0/s1. The van der Waals surface area contributed by atoms with Gasteiger partial charge in [0.25, 0.3) is 0 Å². The minimum atomic E-state index is -0.270. The van der Waals surface area contributed by atoms with Crippen molar-refractivity contribution in [1.82, 2.24) is 19.6 Å². The van der Waals surface area contributed by atoms with Gasteiger partial charge >= 0.3 is 0 Å². The normalized spacial score (nSPS) is 16.9. The first-order chi connectivity index (χ1) is 15.2. The zero-order valence-corrected chi connectivity index (χ0v) is 17.9. The van der Waals surface area contributed by atoms with Gasteiger partial charge in [0.2, 0.25) is 11.8 Å². The molecule has 4 rings (SSSR count). The van der Waals surface area contributed by atoms with Gasteiger partial charge in [0, 0.05) is 38.6 Å². The number of likely N-dealkylation sites (N-methyl/N-ethyl adjacent to an activating group) is 1. The summed E-state index contributed by atoms with van der Waals surface area (Å²) in [5.74, 6) is -0.149. The first-order valence-electron chi connectivity index (χ1n) is 10.8. The molecule has 0 radical (unpaired) electrons. The predicted octanol–water partition coefficient (Wildman–Crippen LogP) is 3.10. The van der Waals surface area contributed by atoms with E-state index >= 15 is 0 Å². The Balaban J connectivity index is 1.58. The Bertz CT molecular complexity index is 1020. The minimum Gasteiger partial charge on any atom is -0.341 e. The van der Waals surface area contributed by atoms with Crippen LogP contribution in [0, 0.1) is 5.92 Å². The maximum atomic E-state index is 13.3. The Labute approximate surface area is 183 Å². The van der Waals surface area contributed by atoms with Gasteiger partial charge in [-0.15, -0.1) is 0 Å². The lowest BCUT2D eigenvalue weighted by molar-refractivity contribution is -0.135. The Kier molecular flexibility index (Phi) is 6.46. The average molecular weight is 417 g/mol. The first kappa shape index (κ1) is 20.8. The molecule has 3 aromatic rings. The van der Waals surface area contributed by atoms with Crippen LogP contribution in [0.25, 0.3) is 11.1 Å². The van der Waals surface area contributed by atoms with E-state index in [4.69, 9.17) is 0 Å². The maximum Gasteiger partial charge on any atom is 0.244 e. The number of rotatable bonds is 6. The summed E-state index contributed by atoms with van der Waals surface area (Å²) in [5.41, 5.74) is 3.40. The lowest BCUT2D eigenvalue weighted by Gasteiger charge is -2.24. The van der Waals surface area contributed by atoms with Crippen molar-refractivity contribution >= 4 is 11.8 Å². The molecular weight excluding hydrogens is 388 g/mol. The largest absolute Gasteiger partial charge is 0.341 e. The molecule has 1 aromatic heterocycles. The summed E-state index contributed by atoms with van der Waals surface area (Å²) < 4.78 is 1.63. The lowest BCUT2D eigenvalue weighted by atomic mass is 9.91. The minimum absolute atomic E-state index is 0.00389. The summed E-state index contributed by atoms with van der Waals surface area (Å²) >= 11 is 0. The van der Waals surface area contributed by atoms with E-state index in [2.05, 4.69) is 29.4 Å². The highest BCUT2D eigenvalue weighted by Gasteiger charge is 2.32. The fourth-order valence-electron chi connectivity index (χ4n) is 4.23. The molecule has 31 heavy (non-hydrogen) atoms. The van der Waals surface area contributed by atoms with E-state index in [1.165, 1.54) is 0 Å². The van der Waals surface area contributed by atoms with E-state index in [0.717, 1.165) is 16.7 Å². The molecule has 0 unspecified atom stereocenters. The number of nitrogens with zero attached hydrogens (tertiary/aromatic N) is 4. The van der Waals surface area contributed by atoms with Gasteiger partial charge in [0.1, 0.15) is 6.54 Å². The molecule has 1 fully saturated rings. The molecule has 0 N–H and O–H groups in total. The van der Waals surface area contributed by atoms with Crippen LogP contribution in [0.3, 0.4) is 0 Å². The van der Waals surface area contributed by atoms with Crippen molar-refractivity contribution in [2.24, 2.45) is 5.92 Å². The SMILES string of the molecule is CCN1CCN(C(=O)Cn2cccn2)C[C@H](Cc2ccccc2-c2ccccc2)C1=O. The van der Waals surface area contributed by atoms with E-state index in [0.29, 0.717) is 32.6 Å². The quantitative estimate of drug-likeness (QED) is 0.620. The monoisotopic (exact) mass is 416 g/mol. The van der Waals surface area contributed by atoms with Crippen molar-refractivity contribution < 1.29 is 9.59 Å². The fraction of sp³-hybridized carbons (Fsp3) is 0.320. The van der Waals surface area contributed by atoms with Crippen LogP contribution in [0.2, 0.25) is 0 Å². The van der Waals surface area contributed by atoms with Crippen molar-refractivity contribution in [1.29, 1.82) is 0 Å². The lowest BCUT2D eigenvalue weighted by Crippen LogP contribution is -2.39. The van der Waals surface area contributed by atoms with Gasteiger partial charge in [-0.2, -0.15) is 5.10 Å². The topological polar surface area (TPSA) is 58.4 Å². The summed E-state index contributed by atoms with van der Waals surface area (Å²) in [6, 6.07) is 20.3. The molecule has 0 bridgehead atoms. The van der Waals surface area contributed by atoms with Gasteiger partial charge in [-0.25, -0.2) is 0 Å². The Morgan fingerprint density at radius 3 is 2.55 bits per heavy atom. The van der Waals surface area contributed by atoms with Gasteiger partial charge in [-0.05, 0) is 36.1 Å². The molecule has 1 aliphatic heterocycles. The number of hydrogen-bond donors (Lipinski definition) is 0. The Hall–Kier alpha value is -3.41. The van der Waals surface area contributed by atoms with Crippen LogP contribution >= 0.6 is 0 Å². The second kappa shape index (κ2) is 9.60. The van der Waals surface area contributed by atoms with Crippen LogP contribution in [-0.2, 0) is 22.6 Å². The molecule has 6 heteroatoms. The van der Waals surface area contributed by atoms with Crippen molar-refractivity contribution in [3.05, 3.63) is 78.6 Å². The number of hydrogen-bond acceptors (Lipinski definition) is 3. The third kappa shape index (κ3) is 4.85. The number of carbonyl (C=O) groups excluding carboxylic acids is 2. The number of aromatic nitrogens is 2. The van der Waals surface area contributed by atoms with E-state index in [1.54, 1.807) is 23.1 Å². The van der Waals surface area contributed by atoms with Gasteiger partial charge in [-0.3, -0.25) is 14.3 Å². The summed E-state index contributed by atoms with van der Waals surface area (Å²) in [4.78, 5) is 29.9. The van der Waals surface area contributed by atoms with E-state index in [9.17, 15) is 9.59 Å². The van der Waals surface area contributed by atoms with Crippen LogP contribution in [-0.4, -0.2) is 57.6 Å². The molecule has 0 spiro atoms. The van der Waals surface area contributed by atoms with E-state index in [-0.39, 0.29) is 24.3 Å². The van der Waals surface area contributed by atoms with E-state index < -0.39 is 0 Å². The highest BCUT2D eigenvalue weighted by atomic mass is 16.2. The van der Waals surface area contributed by atoms with Crippen LogP contribution in [0.15, 0.2) is 73.1 Å². The van der Waals surface area contributed by atoms with Gasteiger partial charge in [-0.1, -0.05) is 54.6 Å². The molecule has 1 aliphatic rings. The smallest absolute Gasteiger partial charge is 0.244 e. The Morgan fingerprint density at radius 2 is 1.81 bits per heavy atom. The maximum absolute atomic E-state index is 13.3. The van der Waals surface area contributed by atoms with Gasteiger partial charge in [0.15, 0.2) is 0 Å². The zero-order valence-electron chi connectivity index (χ0n) is 17.9. The first-order valence-corrected chi connectivity index (χ1v) is 10.8. The molecule has 2 heterocycles. The number of carbonyl (C=O) groups is 2. The summed E-state index contributed by atoms with van der Waals surface area (Å²) in [7, 11) is 0. The third-order valence-electron chi connectivity index (χ3n) is 5.90. The Morgan fingerprint density at radius 1 is 1.03 bits per heavy atom. The second-order valence-electron chi connectivity index (χ2n) is 7.89. The van der Waals surface area contributed by atoms with E-state index in [1.807, 2.05) is 47.1 Å². The highest BCUT2D eigenvalue weighted by molar-refractivity contribution is 5.82. The summed E-state index contributed by atoms with van der Waals surface area (Å²) in [5, 5.41) is 4.14. The predicted molar refractivity (Wildman–Crippen MR) is 120 cm³/mol. The van der Waals surface area contributed by atoms with Crippen molar-refractivity contribution in [2.75, 3.05) is 26.2 Å². The molecule has 2 aromatic carbocycles. The fourth-order valence-corrected chi connectivity index (χ4v) is 4.23. The second-order valence-corrected chi connectivity index (χ2v) is 7.89. The molecule has 0 saturated carbocycles. The van der Waals surface area contributed by atoms with Crippen LogP contribution in [0.1, 0.15) is 12.5 Å². The number of amides is 2.